The SMILES string of the molecule is Cc1ccc(Nc2nncc(NC3CCS(=O)(=O)C3)n2)cc1Cl. The maximum Gasteiger partial charge on any atom is 0.249 e. The number of nitrogens with one attached hydrogen (secondary N) is 2. The normalized spacial score (nSPS) is 19.5. The van der Waals surface area contributed by atoms with Gasteiger partial charge in [0, 0.05) is 16.8 Å². The highest BCUT2D eigenvalue weighted by Gasteiger charge is 2.28. The van der Waals surface area contributed by atoms with Gasteiger partial charge in [-0.25, -0.2) is 8.42 Å². The second-order valence-electron chi connectivity index (χ2n) is 5.50. The molecular weight excluding hydrogens is 338 g/mol. The molecule has 0 bridgehead atoms. The molecule has 2 aromatic rings. The second-order valence-corrected chi connectivity index (χ2v) is 8.13. The number of hydrogen-bond donors (Lipinski definition) is 2. The van der Waals surface area contributed by atoms with Crippen LogP contribution in [-0.4, -0.2) is 41.1 Å². The molecule has 1 aromatic carbocycles. The van der Waals surface area contributed by atoms with Crippen molar-refractivity contribution in [2.24, 2.45) is 0 Å². The lowest BCUT2D eigenvalue weighted by Crippen LogP contribution is -2.21. The van der Waals surface area contributed by atoms with Gasteiger partial charge in [0.1, 0.15) is 0 Å². The van der Waals surface area contributed by atoms with Gasteiger partial charge in [0.15, 0.2) is 15.7 Å². The summed E-state index contributed by atoms with van der Waals surface area (Å²) in [4.78, 5) is 4.30. The first kappa shape index (κ1) is 15.9. The van der Waals surface area contributed by atoms with Crippen molar-refractivity contribution in [3.8, 4) is 0 Å². The zero-order valence-electron chi connectivity index (χ0n) is 12.5. The number of anilines is 3. The summed E-state index contributed by atoms with van der Waals surface area (Å²) in [6.45, 7) is 1.92. The molecule has 1 aliphatic rings. The van der Waals surface area contributed by atoms with Crippen LogP contribution in [0.3, 0.4) is 0 Å². The third-order valence-corrected chi connectivity index (χ3v) is 5.75. The van der Waals surface area contributed by atoms with Crippen LogP contribution in [0.2, 0.25) is 5.02 Å². The number of rotatable bonds is 4. The predicted octanol–water partition coefficient (Wildman–Crippen LogP) is 2.18. The highest BCUT2D eigenvalue weighted by molar-refractivity contribution is 7.91. The van der Waals surface area contributed by atoms with E-state index in [-0.39, 0.29) is 17.5 Å². The van der Waals surface area contributed by atoms with Gasteiger partial charge in [0.2, 0.25) is 5.95 Å². The third-order valence-electron chi connectivity index (χ3n) is 3.57. The van der Waals surface area contributed by atoms with Gasteiger partial charge in [-0.15, -0.1) is 5.10 Å². The van der Waals surface area contributed by atoms with Crippen LogP contribution in [0.25, 0.3) is 0 Å². The highest BCUT2D eigenvalue weighted by Crippen LogP contribution is 2.22. The molecule has 0 amide bonds. The van der Waals surface area contributed by atoms with E-state index in [0.717, 1.165) is 11.3 Å². The maximum atomic E-state index is 11.5. The van der Waals surface area contributed by atoms with Gasteiger partial charge in [-0.05, 0) is 31.0 Å². The van der Waals surface area contributed by atoms with Crippen LogP contribution in [0.15, 0.2) is 24.4 Å². The van der Waals surface area contributed by atoms with E-state index in [1.54, 1.807) is 6.07 Å². The Morgan fingerprint density at radius 3 is 2.87 bits per heavy atom. The van der Waals surface area contributed by atoms with Gasteiger partial charge in [-0.3, -0.25) is 0 Å². The van der Waals surface area contributed by atoms with E-state index in [0.29, 0.717) is 23.2 Å². The molecule has 0 spiro atoms. The Kier molecular flexibility index (Phi) is 4.36. The fraction of sp³-hybridized carbons (Fsp3) is 0.357. The van der Waals surface area contributed by atoms with Gasteiger partial charge < -0.3 is 10.6 Å². The van der Waals surface area contributed by atoms with Gasteiger partial charge in [0.25, 0.3) is 0 Å². The van der Waals surface area contributed by atoms with Crippen LogP contribution in [0.1, 0.15) is 12.0 Å². The summed E-state index contributed by atoms with van der Waals surface area (Å²) in [6.07, 6.45) is 2.04. The molecule has 1 aromatic heterocycles. The molecule has 23 heavy (non-hydrogen) atoms. The third kappa shape index (κ3) is 4.08. The molecule has 3 rings (SSSR count). The minimum Gasteiger partial charge on any atom is -0.365 e. The summed E-state index contributed by atoms with van der Waals surface area (Å²) in [5.74, 6) is 1.13. The molecule has 1 unspecified atom stereocenters. The molecule has 122 valence electrons. The Morgan fingerprint density at radius 2 is 2.17 bits per heavy atom. The number of nitrogens with zero attached hydrogens (tertiary/aromatic N) is 3. The van der Waals surface area contributed by atoms with Crippen molar-refractivity contribution >= 4 is 38.9 Å². The number of halogens is 1. The van der Waals surface area contributed by atoms with Crippen molar-refractivity contribution in [1.29, 1.82) is 0 Å². The molecule has 1 fully saturated rings. The summed E-state index contributed by atoms with van der Waals surface area (Å²) < 4.78 is 23.0. The van der Waals surface area contributed by atoms with E-state index in [2.05, 4.69) is 25.8 Å². The van der Waals surface area contributed by atoms with E-state index in [4.69, 9.17) is 11.6 Å². The molecular formula is C14H16ClN5O2S. The molecule has 0 saturated carbocycles. The minimum atomic E-state index is -2.94. The van der Waals surface area contributed by atoms with Crippen molar-refractivity contribution < 1.29 is 8.42 Å². The lowest BCUT2D eigenvalue weighted by atomic mass is 10.2. The van der Waals surface area contributed by atoms with E-state index in [1.165, 1.54) is 6.20 Å². The Labute approximate surface area is 139 Å². The average Bonchev–Trinajstić information content (AvgIpc) is 2.82. The zero-order valence-corrected chi connectivity index (χ0v) is 14.0. The monoisotopic (exact) mass is 353 g/mol. The Balaban J connectivity index is 1.71. The fourth-order valence-electron chi connectivity index (χ4n) is 2.34. The smallest absolute Gasteiger partial charge is 0.249 e. The van der Waals surface area contributed by atoms with Crippen molar-refractivity contribution in [2.45, 2.75) is 19.4 Å². The van der Waals surface area contributed by atoms with Crippen molar-refractivity contribution in [1.82, 2.24) is 15.2 Å². The number of benzene rings is 1. The van der Waals surface area contributed by atoms with Crippen molar-refractivity contribution in [3.05, 3.63) is 35.0 Å². The van der Waals surface area contributed by atoms with Crippen LogP contribution in [-0.2, 0) is 9.84 Å². The van der Waals surface area contributed by atoms with E-state index < -0.39 is 9.84 Å². The summed E-state index contributed by atoms with van der Waals surface area (Å²) in [5.41, 5.74) is 1.73. The van der Waals surface area contributed by atoms with Crippen LogP contribution >= 0.6 is 11.6 Å². The first-order valence-electron chi connectivity index (χ1n) is 7.11. The lowest BCUT2D eigenvalue weighted by Gasteiger charge is -2.12. The summed E-state index contributed by atoms with van der Waals surface area (Å²) in [7, 11) is -2.94. The molecule has 7 nitrogen and oxygen atoms in total. The number of aryl methyl sites for hydroxylation is 1. The Bertz CT molecular complexity index is 828. The molecule has 9 heteroatoms. The zero-order chi connectivity index (χ0) is 16.4. The van der Waals surface area contributed by atoms with Gasteiger partial charge in [-0.2, -0.15) is 10.1 Å². The van der Waals surface area contributed by atoms with Gasteiger partial charge in [-0.1, -0.05) is 17.7 Å². The molecule has 2 heterocycles. The molecule has 1 aliphatic heterocycles. The second kappa shape index (κ2) is 6.29. The summed E-state index contributed by atoms with van der Waals surface area (Å²) >= 11 is 6.09. The molecule has 1 saturated heterocycles. The van der Waals surface area contributed by atoms with Crippen LogP contribution in [0, 0.1) is 6.92 Å². The van der Waals surface area contributed by atoms with Gasteiger partial charge >= 0.3 is 0 Å². The first-order valence-corrected chi connectivity index (χ1v) is 9.31. The van der Waals surface area contributed by atoms with Crippen molar-refractivity contribution in [2.75, 3.05) is 22.1 Å². The summed E-state index contributed by atoms with van der Waals surface area (Å²) in [6, 6.07) is 5.40. The van der Waals surface area contributed by atoms with E-state index in [1.807, 2.05) is 19.1 Å². The standard InChI is InChI=1S/C14H16ClN5O2S/c1-9-2-3-10(6-12(9)15)18-14-19-13(7-16-20-14)17-11-4-5-23(21,22)8-11/h2-3,6-7,11H,4-5,8H2,1H3,(H2,17,18,19,20). The molecule has 0 radical (unpaired) electrons. The first-order chi connectivity index (χ1) is 10.9. The van der Waals surface area contributed by atoms with E-state index in [9.17, 15) is 8.42 Å². The largest absolute Gasteiger partial charge is 0.365 e. The quantitative estimate of drug-likeness (QED) is 0.869. The molecule has 1 atom stereocenters. The maximum absolute atomic E-state index is 11.5. The van der Waals surface area contributed by atoms with E-state index >= 15 is 0 Å². The van der Waals surface area contributed by atoms with Crippen molar-refractivity contribution in [3.63, 3.8) is 0 Å². The molecule has 0 aliphatic carbocycles. The van der Waals surface area contributed by atoms with Crippen LogP contribution in [0.5, 0.6) is 0 Å². The minimum absolute atomic E-state index is 0.118. The van der Waals surface area contributed by atoms with Crippen LogP contribution < -0.4 is 10.6 Å². The Morgan fingerprint density at radius 1 is 1.35 bits per heavy atom. The summed E-state index contributed by atoms with van der Waals surface area (Å²) in [5, 5.41) is 14.6. The topological polar surface area (TPSA) is 96.9 Å². The average molecular weight is 354 g/mol. The van der Waals surface area contributed by atoms with Crippen LogP contribution in [0.4, 0.5) is 17.5 Å². The lowest BCUT2D eigenvalue weighted by molar-refractivity contribution is 0.602. The number of aromatic nitrogens is 3. The van der Waals surface area contributed by atoms with Gasteiger partial charge in [0.05, 0.1) is 17.7 Å². The fourth-order valence-corrected chi connectivity index (χ4v) is 4.20. The number of hydrogen-bond acceptors (Lipinski definition) is 7. The Hall–Kier alpha value is -1.93. The number of sulfone groups is 1. The predicted molar refractivity (Wildman–Crippen MR) is 90.0 cm³/mol. The highest BCUT2D eigenvalue weighted by atomic mass is 35.5. The molecule has 2 N–H and O–H groups in total.